The first-order chi connectivity index (χ1) is 13.5. The summed E-state index contributed by atoms with van der Waals surface area (Å²) < 4.78 is 12.9. The molecule has 0 saturated heterocycles. The summed E-state index contributed by atoms with van der Waals surface area (Å²) in [5.74, 6) is -0.843. The van der Waals surface area contributed by atoms with Gasteiger partial charge in [0.15, 0.2) is 0 Å². The maximum Gasteiger partial charge on any atom is 0.251 e. The fraction of sp³-hybridized carbons (Fsp3) is 0.130. The standard InChI is InChI=1S/C23H21FN2O2/c1-26(16-17-7-13-21(24)14-8-17)22(27)15-25-23(28)20-11-9-19(10-12-20)18-5-3-2-4-6-18/h2-14H,15-16H2,1H3,(H,25,28). The molecule has 2 amide bonds. The van der Waals surface area contributed by atoms with Gasteiger partial charge in [-0.25, -0.2) is 4.39 Å². The number of hydrogen-bond donors (Lipinski definition) is 1. The summed E-state index contributed by atoms with van der Waals surface area (Å²) in [5, 5.41) is 2.64. The van der Waals surface area contributed by atoms with E-state index in [0.717, 1.165) is 16.7 Å². The quantitative estimate of drug-likeness (QED) is 0.710. The van der Waals surface area contributed by atoms with E-state index in [1.807, 2.05) is 42.5 Å². The summed E-state index contributed by atoms with van der Waals surface area (Å²) in [4.78, 5) is 26.0. The van der Waals surface area contributed by atoms with E-state index in [9.17, 15) is 14.0 Å². The molecule has 1 N–H and O–H groups in total. The molecule has 0 atom stereocenters. The minimum Gasteiger partial charge on any atom is -0.343 e. The SMILES string of the molecule is CN(Cc1ccc(F)cc1)C(=O)CNC(=O)c1ccc(-c2ccccc2)cc1. The van der Waals surface area contributed by atoms with Crippen LogP contribution in [0, 0.1) is 5.82 Å². The number of carbonyl (C=O) groups excluding carboxylic acids is 2. The molecule has 0 bridgehead atoms. The Balaban J connectivity index is 1.53. The van der Waals surface area contributed by atoms with E-state index >= 15 is 0 Å². The lowest BCUT2D eigenvalue weighted by Gasteiger charge is -2.17. The molecule has 0 radical (unpaired) electrons. The predicted molar refractivity (Wildman–Crippen MR) is 107 cm³/mol. The summed E-state index contributed by atoms with van der Waals surface area (Å²) in [5.41, 5.74) is 3.41. The number of nitrogens with one attached hydrogen (secondary N) is 1. The molecular weight excluding hydrogens is 355 g/mol. The lowest BCUT2D eigenvalue weighted by Crippen LogP contribution is -2.37. The Morgan fingerprint density at radius 3 is 2.11 bits per heavy atom. The van der Waals surface area contributed by atoms with Crippen molar-refractivity contribution in [2.24, 2.45) is 0 Å². The number of rotatable bonds is 6. The fourth-order valence-corrected chi connectivity index (χ4v) is 2.79. The van der Waals surface area contributed by atoms with Gasteiger partial charge in [-0.3, -0.25) is 9.59 Å². The van der Waals surface area contributed by atoms with Crippen molar-refractivity contribution in [2.75, 3.05) is 13.6 Å². The van der Waals surface area contributed by atoms with Crippen LogP contribution in [0.5, 0.6) is 0 Å². The van der Waals surface area contributed by atoms with E-state index in [-0.39, 0.29) is 24.2 Å². The normalized spacial score (nSPS) is 10.4. The van der Waals surface area contributed by atoms with Gasteiger partial charge < -0.3 is 10.2 Å². The predicted octanol–water partition coefficient (Wildman–Crippen LogP) is 3.88. The highest BCUT2D eigenvalue weighted by Gasteiger charge is 2.12. The lowest BCUT2D eigenvalue weighted by atomic mass is 10.0. The molecule has 3 aromatic carbocycles. The zero-order valence-electron chi connectivity index (χ0n) is 15.6. The lowest BCUT2D eigenvalue weighted by molar-refractivity contribution is -0.129. The molecule has 4 nitrogen and oxygen atoms in total. The first-order valence-electron chi connectivity index (χ1n) is 8.95. The molecule has 142 valence electrons. The molecule has 5 heteroatoms. The van der Waals surface area contributed by atoms with Crippen molar-refractivity contribution < 1.29 is 14.0 Å². The highest BCUT2D eigenvalue weighted by atomic mass is 19.1. The molecule has 0 aliphatic heterocycles. The van der Waals surface area contributed by atoms with Crippen molar-refractivity contribution in [3.8, 4) is 11.1 Å². The second-order valence-corrected chi connectivity index (χ2v) is 6.50. The Bertz CT molecular complexity index is 939. The molecule has 3 aromatic rings. The van der Waals surface area contributed by atoms with E-state index < -0.39 is 0 Å². The van der Waals surface area contributed by atoms with Crippen LogP contribution in [0.25, 0.3) is 11.1 Å². The Morgan fingerprint density at radius 2 is 1.46 bits per heavy atom. The van der Waals surface area contributed by atoms with Crippen LogP contribution < -0.4 is 5.32 Å². The van der Waals surface area contributed by atoms with E-state index in [4.69, 9.17) is 0 Å². The maximum atomic E-state index is 12.9. The van der Waals surface area contributed by atoms with Gasteiger partial charge in [0, 0.05) is 19.2 Å². The topological polar surface area (TPSA) is 49.4 Å². The van der Waals surface area contributed by atoms with Crippen molar-refractivity contribution in [2.45, 2.75) is 6.54 Å². The van der Waals surface area contributed by atoms with Crippen molar-refractivity contribution in [3.63, 3.8) is 0 Å². The third-order valence-electron chi connectivity index (χ3n) is 4.41. The third kappa shape index (κ3) is 5.04. The van der Waals surface area contributed by atoms with Crippen molar-refractivity contribution in [3.05, 3.63) is 95.8 Å². The van der Waals surface area contributed by atoms with Gasteiger partial charge in [-0.1, -0.05) is 54.6 Å². The van der Waals surface area contributed by atoms with Gasteiger partial charge in [0.1, 0.15) is 5.82 Å². The van der Waals surface area contributed by atoms with Crippen LogP contribution in [-0.4, -0.2) is 30.3 Å². The summed E-state index contributed by atoms with van der Waals surface area (Å²) in [6, 6.07) is 23.1. The Morgan fingerprint density at radius 1 is 0.857 bits per heavy atom. The molecule has 0 unspecified atom stereocenters. The third-order valence-corrected chi connectivity index (χ3v) is 4.41. The van der Waals surface area contributed by atoms with Crippen LogP contribution in [0.1, 0.15) is 15.9 Å². The van der Waals surface area contributed by atoms with E-state index in [1.165, 1.54) is 17.0 Å². The molecule has 0 aliphatic carbocycles. The second-order valence-electron chi connectivity index (χ2n) is 6.50. The largest absolute Gasteiger partial charge is 0.343 e. The van der Waals surface area contributed by atoms with Gasteiger partial charge in [-0.05, 0) is 41.0 Å². The highest BCUT2D eigenvalue weighted by molar-refractivity contribution is 5.96. The minimum atomic E-state index is -0.316. The van der Waals surface area contributed by atoms with Gasteiger partial charge in [0.2, 0.25) is 5.91 Å². The smallest absolute Gasteiger partial charge is 0.251 e. The highest BCUT2D eigenvalue weighted by Crippen LogP contribution is 2.19. The average Bonchev–Trinajstić information content (AvgIpc) is 2.74. The van der Waals surface area contributed by atoms with Gasteiger partial charge in [-0.15, -0.1) is 0 Å². The minimum absolute atomic E-state index is 0.100. The Kier molecular flexibility index (Phi) is 6.17. The van der Waals surface area contributed by atoms with Crippen LogP contribution in [-0.2, 0) is 11.3 Å². The van der Waals surface area contributed by atoms with Crippen LogP contribution in [0.4, 0.5) is 4.39 Å². The number of halogens is 1. The van der Waals surface area contributed by atoms with E-state index in [0.29, 0.717) is 12.1 Å². The fourth-order valence-electron chi connectivity index (χ4n) is 2.79. The van der Waals surface area contributed by atoms with Crippen molar-refractivity contribution >= 4 is 11.8 Å². The monoisotopic (exact) mass is 376 g/mol. The molecule has 3 rings (SSSR count). The van der Waals surface area contributed by atoms with Crippen LogP contribution in [0.15, 0.2) is 78.9 Å². The molecule has 28 heavy (non-hydrogen) atoms. The number of nitrogens with zero attached hydrogens (tertiary/aromatic N) is 1. The Hall–Kier alpha value is -3.47. The molecule has 0 saturated carbocycles. The summed E-state index contributed by atoms with van der Waals surface area (Å²) in [6.07, 6.45) is 0. The van der Waals surface area contributed by atoms with Gasteiger partial charge >= 0.3 is 0 Å². The zero-order valence-corrected chi connectivity index (χ0v) is 15.6. The van der Waals surface area contributed by atoms with Gasteiger partial charge in [-0.2, -0.15) is 0 Å². The Labute approximate surface area is 163 Å². The second kappa shape index (κ2) is 8.95. The summed E-state index contributed by atoms with van der Waals surface area (Å²) >= 11 is 0. The van der Waals surface area contributed by atoms with Crippen LogP contribution in [0.3, 0.4) is 0 Å². The number of amides is 2. The number of hydrogen-bond acceptors (Lipinski definition) is 2. The first kappa shape index (κ1) is 19.3. The molecule has 0 spiro atoms. The average molecular weight is 376 g/mol. The number of benzene rings is 3. The van der Waals surface area contributed by atoms with Crippen LogP contribution in [0.2, 0.25) is 0 Å². The van der Waals surface area contributed by atoms with Crippen LogP contribution >= 0.6 is 0 Å². The van der Waals surface area contributed by atoms with Gasteiger partial charge in [0.25, 0.3) is 5.91 Å². The summed E-state index contributed by atoms with van der Waals surface area (Å²) in [6.45, 7) is 0.248. The van der Waals surface area contributed by atoms with Crippen molar-refractivity contribution in [1.82, 2.24) is 10.2 Å². The first-order valence-corrected chi connectivity index (χ1v) is 8.95. The van der Waals surface area contributed by atoms with Gasteiger partial charge in [0.05, 0.1) is 6.54 Å². The number of carbonyl (C=O) groups is 2. The van der Waals surface area contributed by atoms with Crippen molar-refractivity contribution in [1.29, 1.82) is 0 Å². The molecule has 0 heterocycles. The molecular formula is C23H21FN2O2. The molecule has 0 fully saturated rings. The molecule has 0 aromatic heterocycles. The summed E-state index contributed by atoms with van der Waals surface area (Å²) in [7, 11) is 1.65. The van der Waals surface area contributed by atoms with E-state index in [1.54, 1.807) is 31.3 Å². The van der Waals surface area contributed by atoms with E-state index in [2.05, 4.69) is 5.32 Å². The number of likely N-dealkylation sites (N-methyl/N-ethyl adjacent to an activating group) is 1. The zero-order chi connectivity index (χ0) is 19.9. The molecule has 0 aliphatic rings. The maximum absolute atomic E-state index is 12.9.